The van der Waals surface area contributed by atoms with Crippen LogP contribution in [-0.2, 0) is 0 Å². The van der Waals surface area contributed by atoms with E-state index in [0.29, 0.717) is 12.5 Å². The van der Waals surface area contributed by atoms with Crippen molar-refractivity contribution >= 4 is 11.7 Å². The number of nitrogens with one attached hydrogen (secondary N) is 2. The average molecular weight is 348 g/mol. The molecule has 2 N–H and O–H groups in total. The van der Waals surface area contributed by atoms with E-state index in [1.54, 1.807) is 0 Å². The van der Waals surface area contributed by atoms with E-state index in [9.17, 15) is 4.79 Å². The van der Waals surface area contributed by atoms with Crippen molar-refractivity contribution in [3.05, 3.63) is 23.8 Å². The van der Waals surface area contributed by atoms with E-state index in [1.807, 2.05) is 25.1 Å². The van der Waals surface area contributed by atoms with Crippen LogP contribution in [0.5, 0.6) is 5.75 Å². The third kappa shape index (κ3) is 6.58. The quantitative estimate of drug-likeness (QED) is 0.746. The Balaban J connectivity index is 1.79. The molecule has 140 valence electrons. The fourth-order valence-corrected chi connectivity index (χ4v) is 3.20. The van der Waals surface area contributed by atoms with Gasteiger partial charge in [-0.05, 0) is 75.9 Å². The van der Waals surface area contributed by atoms with Gasteiger partial charge >= 0.3 is 6.03 Å². The van der Waals surface area contributed by atoms with Crippen molar-refractivity contribution in [2.75, 3.05) is 38.1 Å². The normalized spacial score (nSPS) is 15.8. The smallest absolute Gasteiger partial charge is 0.319 e. The number of hydrogen-bond acceptors (Lipinski definition) is 3. The van der Waals surface area contributed by atoms with Gasteiger partial charge in [0.2, 0.25) is 0 Å². The average Bonchev–Trinajstić information content (AvgIpc) is 2.61. The number of amides is 2. The van der Waals surface area contributed by atoms with E-state index in [2.05, 4.69) is 29.4 Å². The van der Waals surface area contributed by atoms with Crippen molar-refractivity contribution in [2.24, 2.45) is 5.92 Å². The molecule has 0 aromatic heterocycles. The number of likely N-dealkylation sites (tertiary alicyclic amines) is 1. The monoisotopic (exact) mass is 347 g/mol. The maximum absolute atomic E-state index is 12.2. The third-order valence-electron chi connectivity index (χ3n) is 4.65. The first kappa shape index (κ1) is 19.6. The van der Waals surface area contributed by atoms with Crippen LogP contribution in [0.4, 0.5) is 10.5 Å². The minimum Gasteiger partial charge on any atom is -0.491 e. The Hall–Kier alpha value is -1.75. The number of carbonyl (C=O) groups is 1. The summed E-state index contributed by atoms with van der Waals surface area (Å²) in [7, 11) is 0. The molecule has 1 aliphatic heterocycles. The van der Waals surface area contributed by atoms with E-state index in [-0.39, 0.29) is 6.03 Å². The molecule has 0 saturated carbocycles. The van der Waals surface area contributed by atoms with Gasteiger partial charge < -0.3 is 20.3 Å². The number of benzene rings is 1. The van der Waals surface area contributed by atoms with Crippen molar-refractivity contribution in [1.29, 1.82) is 0 Å². The predicted octanol–water partition coefficient (Wildman–Crippen LogP) is 4.03. The molecule has 0 aliphatic carbocycles. The Bertz CT molecular complexity index is 540. The van der Waals surface area contributed by atoms with E-state index in [1.165, 1.54) is 13.0 Å². The minimum atomic E-state index is -0.152. The number of urea groups is 1. The molecule has 1 fully saturated rings. The summed E-state index contributed by atoms with van der Waals surface area (Å²) in [6, 6.07) is 5.71. The first-order valence-electron chi connectivity index (χ1n) is 9.63. The number of rotatable bonds is 8. The van der Waals surface area contributed by atoms with Gasteiger partial charge in [0.25, 0.3) is 0 Å². The highest BCUT2D eigenvalue weighted by molar-refractivity contribution is 5.90. The summed E-state index contributed by atoms with van der Waals surface area (Å²) in [6.07, 6.45) is 4.48. The van der Waals surface area contributed by atoms with Crippen molar-refractivity contribution in [2.45, 2.75) is 46.5 Å². The lowest BCUT2D eigenvalue weighted by atomic mass is 9.97. The van der Waals surface area contributed by atoms with Gasteiger partial charge in [-0.25, -0.2) is 4.79 Å². The van der Waals surface area contributed by atoms with E-state index >= 15 is 0 Å². The molecule has 0 radical (unpaired) electrons. The lowest BCUT2D eigenvalue weighted by Gasteiger charge is -2.31. The molecule has 25 heavy (non-hydrogen) atoms. The molecular formula is C20H33N3O2. The van der Waals surface area contributed by atoms with Gasteiger partial charge in [-0.15, -0.1) is 0 Å². The Morgan fingerprint density at radius 3 is 2.68 bits per heavy atom. The summed E-state index contributed by atoms with van der Waals surface area (Å²) in [5, 5.41) is 5.95. The zero-order valence-corrected chi connectivity index (χ0v) is 15.9. The van der Waals surface area contributed by atoms with Crippen molar-refractivity contribution < 1.29 is 9.53 Å². The molecule has 1 heterocycles. The first-order valence-corrected chi connectivity index (χ1v) is 9.63. The van der Waals surface area contributed by atoms with Crippen molar-refractivity contribution in [3.63, 3.8) is 0 Å². The number of aryl methyl sites for hydroxylation is 1. The number of carbonyl (C=O) groups excluding carboxylic acids is 1. The summed E-state index contributed by atoms with van der Waals surface area (Å²) in [4.78, 5) is 14.8. The SMILES string of the molecule is CCCOc1cc(C)ccc1NC(=O)NCC1CCN(CCC)CC1. The highest BCUT2D eigenvalue weighted by Gasteiger charge is 2.19. The molecule has 2 rings (SSSR count). The molecule has 1 saturated heterocycles. The van der Waals surface area contributed by atoms with E-state index in [4.69, 9.17) is 4.74 Å². The van der Waals surface area contributed by atoms with Crippen LogP contribution in [0.15, 0.2) is 18.2 Å². The van der Waals surface area contributed by atoms with Gasteiger partial charge in [0, 0.05) is 6.54 Å². The van der Waals surface area contributed by atoms with Gasteiger partial charge in [-0.3, -0.25) is 0 Å². The molecular weight excluding hydrogens is 314 g/mol. The number of nitrogens with zero attached hydrogens (tertiary/aromatic N) is 1. The standard InChI is InChI=1S/C20H33N3O2/c1-4-10-23-11-8-17(9-12-23)15-21-20(24)22-18-7-6-16(3)14-19(18)25-13-5-2/h6-7,14,17H,4-5,8-13,15H2,1-3H3,(H2,21,22,24). The predicted molar refractivity (Wildman–Crippen MR) is 103 cm³/mol. The largest absolute Gasteiger partial charge is 0.491 e. The molecule has 1 aromatic carbocycles. The Morgan fingerprint density at radius 1 is 1.24 bits per heavy atom. The van der Waals surface area contributed by atoms with Gasteiger partial charge in [-0.2, -0.15) is 0 Å². The third-order valence-corrected chi connectivity index (χ3v) is 4.65. The number of anilines is 1. The second-order valence-corrected chi connectivity index (χ2v) is 6.97. The van der Waals surface area contributed by atoms with E-state index < -0.39 is 0 Å². The molecule has 0 spiro atoms. The fraction of sp³-hybridized carbons (Fsp3) is 0.650. The molecule has 5 heteroatoms. The lowest BCUT2D eigenvalue weighted by molar-refractivity contribution is 0.182. The van der Waals surface area contributed by atoms with Crippen LogP contribution in [0, 0.1) is 12.8 Å². The highest BCUT2D eigenvalue weighted by Crippen LogP contribution is 2.26. The number of hydrogen-bond donors (Lipinski definition) is 2. The Labute approximate surface area is 152 Å². The topological polar surface area (TPSA) is 53.6 Å². The zero-order valence-electron chi connectivity index (χ0n) is 15.9. The maximum atomic E-state index is 12.2. The molecule has 0 unspecified atom stereocenters. The summed E-state index contributed by atoms with van der Waals surface area (Å²) in [5.41, 5.74) is 1.85. The van der Waals surface area contributed by atoms with Crippen LogP contribution in [0.25, 0.3) is 0 Å². The van der Waals surface area contributed by atoms with Gasteiger partial charge in [0.1, 0.15) is 5.75 Å². The fourth-order valence-electron chi connectivity index (χ4n) is 3.20. The van der Waals surface area contributed by atoms with Crippen molar-refractivity contribution in [3.8, 4) is 5.75 Å². The lowest BCUT2D eigenvalue weighted by Crippen LogP contribution is -2.40. The highest BCUT2D eigenvalue weighted by atomic mass is 16.5. The molecule has 0 atom stereocenters. The summed E-state index contributed by atoms with van der Waals surface area (Å²) < 4.78 is 5.75. The van der Waals surface area contributed by atoms with Crippen LogP contribution < -0.4 is 15.4 Å². The van der Waals surface area contributed by atoms with Crippen LogP contribution in [-0.4, -0.2) is 43.7 Å². The van der Waals surface area contributed by atoms with Crippen LogP contribution in [0.1, 0.15) is 45.1 Å². The first-order chi connectivity index (χ1) is 12.1. The number of ether oxygens (including phenoxy) is 1. The number of piperidine rings is 1. The van der Waals surface area contributed by atoms with Crippen LogP contribution >= 0.6 is 0 Å². The van der Waals surface area contributed by atoms with Crippen LogP contribution in [0.3, 0.4) is 0 Å². The molecule has 1 aliphatic rings. The zero-order chi connectivity index (χ0) is 18.1. The molecule has 1 aromatic rings. The Kier molecular flexibility index (Phi) is 8.06. The van der Waals surface area contributed by atoms with Gasteiger partial charge in [0.15, 0.2) is 0 Å². The second kappa shape index (κ2) is 10.3. The van der Waals surface area contributed by atoms with Gasteiger partial charge in [-0.1, -0.05) is 19.9 Å². The second-order valence-electron chi connectivity index (χ2n) is 6.97. The summed E-state index contributed by atoms with van der Waals surface area (Å²) >= 11 is 0. The van der Waals surface area contributed by atoms with Gasteiger partial charge in [0.05, 0.1) is 12.3 Å². The molecule has 5 nitrogen and oxygen atoms in total. The van der Waals surface area contributed by atoms with Crippen molar-refractivity contribution in [1.82, 2.24) is 10.2 Å². The van der Waals surface area contributed by atoms with Crippen LogP contribution in [0.2, 0.25) is 0 Å². The molecule has 0 bridgehead atoms. The summed E-state index contributed by atoms with van der Waals surface area (Å²) in [6.45, 7) is 11.2. The summed E-state index contributed by atoms with van der Waals surface area (Å²) in [5.74, 6) is 1.32. The molecule has 2 amide bonds. The minimum absolute atomic E-state index is 0.152. The maximum Gasteiger partial charge on any atom is 0.319 e. The van der Waals surface area contributed by atoms with E-state index in [0.717, 1.165) is 55.9 Å². The Morgan fingerprint density at radius 2 is 2.00 bits per heavy atom.